The van der Waals surface area contributed by atoms with Crippen LogP contribution in [0.1, 0.15) is 5.76 Å². The number of furan rings is 1. The Morgan fingerprint density at radius 2 is 2.21 bits per heavy atom. The molecule has 1 rings (SSSR count). The number of rotatable bonds is 5. The van der Waals surface area contributed by atoms with Crippen molar-refractivity contribution in [1.82, 2.24) is 0 Å². The summed E-state index contributed by atoms with van der Waals surface area (Å²) in [5, 5.41) is 0. The zero-order chi connectivity index (χ0) is 10.6. The fraction of sp³-hybridized carbons (Fsp3) is 0.250. The van der Waals surface area contributed by atoms with Crippen molar-refractivity contribution in [3.8, 4) is 0 Å². The smallest absolute Gasteiger partial charge is 0.468 e. The molecule has 1 aromatic rings. The second kappa shape index (κ2) is 4.64. The van der Waals surface area contributed by atoms with E-state index in [1.165, 1.54) is 6.26 Å². The monoisotopic (exact) mass is 221 g/mol. The predicted octanol–water partition coefficient (Wildman–Crippen LogP) is 3.46. The molecule has 0 saturated heterocycles. The molecular formula is C8H9BF3OS-. The van der Waals surface area contributed by atoms with Gasteiger partial charge in [0, 0.05) is 0 Å². The lowest BCUT2D eigenvalue weighted by atomic mass is 9.82. The summed E-state index contributed by atoms with van der Waals surface area (Å²) in [5.41, 5.74) is -0.651. The quantitative estimate of drug-likeness (QED) is 0.706. The largest absolute Gasteiger partial charge is 0.505 e. The lowest BCUT2D eigenvalue weighted by molar-refractivity contribution is 0.491. The summed E-state index contributed by atoms with van der Waals surface area (Å²) in [6.45, 7) is -1.89. The molecule has 0 radical (unpaired) electrons. The van der Waals surface area contributed by atoms with Gasteiger partial charge in [0.2, 0.25) is 0 Å². The van der Waals surface area contributed by atoms with Crippen molar-refractivity contribution in [3.05, 3.63) is 36.2 Å². The maximum Gasteiger partial charge on any atom is 0.505 e. The molecule has 0 unspecified atom stereocenters. The third-order valence-corrected chi connectivity index (χ3v) is 2.64. The van der Waals surface area contributed by atoms with Crippen LogP contribution in [-0.2, 0) is 5.75 Å². The van der Waals surface area contributed by atoms with E-state index in [2.05, 4.69) is 6.58 Å². The minimum absolute atomic E-state index is 0.0931. The zero-order valence-electron chi connectivity index (χ0n) is 7.38. The Labute approximate surface area is 84.4 Å². The van der Waals surface area contributed by atoms with Gasteiger partial charge in [-0.2, -0.15) is 11.8 Å². The van der Waals surface area contributed by atoms with Crippen LogP contribution in [0.2, 0.25) is 0 Å². The molecule has 0 fully saturated rings. The molecule has 0 aliphatic rings. The van der Waals surface area contributed by atoms with E-state index in [-0.39, 0.29) is 5.75 Å². The molecule has 0 amide bonds. The minimum Gasteiger partial charge on any atom is -0.468 e. The van der Waals surface area contributed by atoms with Gasteiger partial charge in [0.25, 0.3) is 0 Å². The van der Waals surface area contributed by atoms with Gasteiger partial charge < -0.3 is 17.4 Å². The summed E-state index contributed by atoms with van der Waals surface area (Å²) in [6.07, 6.45) is 1.50. The molecular weight excluding hydrogens is 212 g/mol. The molecule has 1 aromatic heterocycles. The third kappa shape index (κ3) is 3.53. The van der Waals surface area contributed by atoms with E-state index in [1.807, 2.05) is 0 Å². The lowest BCUT2D eigenvalue weighted by Crippen LogP contribution is -2.20. The molecule has 0 aromatic carbocycles. The van der Waals surface area contributed by atoms with E-state index >= 15 is 0 Å². The van der Waals surface area contributed by atoms with Gasteiger partial charge in [-0.05, 0) is 17.9 Å². The Hall–Kier alpha value is -0.775. The van der Waals surface area contributed by atoms with Gasteiger partial charge in [-0.15, -0.1) is 12.1 Å². The molecule has 1 nitrogen and oxygen atoms in total. The Morgan fingerprint density at radius 3 is 2.71 bits per heavy atom. The number of hydrogen-bond acceptors (Lipinski definition) is 2. The van der Waals surface area contributed by atoms with Crippen molar-refractivity contribution in [2.75, 3.05) is 5.75 Å². The van der Waals surface area contributed by atoms with Crippen molar-refractivity contribution in [1.29, 1.82) is 0 Å². The first-order valence-electron chi connectivity index (χ1n) is 3.98. The maximum absolute atomic E-state index is 12.0. The van der Waals surface area contributed by atoms with Crippen LogP contribution in [0.15, 0.2) is 34.9 Å². The molecule has 14 heavy (non-hydrogen) atoms. The van der Waals surface area contributed by atoms with Crippen LogP contribution in [0.25, 0.3) is 0 Å². The molecule has 1 heterocycles. The number of hydrogen-bond donors (Lipinski definition) is 0. The van der Waals surface area contributed by atoms with Crippen molar-refractivity contribution in [2.45, 2.75) is 5.75 Å². The van der Waals surface area contributed by atoms with Gasteiger partial charge in [0.15, 0.2) is 0 Å². The van der Waals surface area contributed by atoms with Crippen molar-refractivity contribution >= 4 is 18.7 Å². The van der Waals surface area contributed by atoms with Gasteiger partial charge >= 0.3 is 6.98 Å². The van der Waals surface area contributed by atoms with Gasteiger partial charge in [0.1, 0.15) is 5.76 Å². The van der Waals surface area contributed by atoms with E-state index in [0.717, 1.165) is 11.8 Å². The molecule has 78 valence electrons. The fourth-order valence-corrected chi connectivity index (χ4v) is 1.69. The van der Waals surface area contributed by atoms with Crippen LogP contribution >= 0.6 is 11.8 Å². The van der Waals surface area contributed by atoms with Crippen molar-refractivity contribution < 1.29 is 17.4 Å². The van der Waals surface area contributed by atoms with Gasteiger partial charge in [0.05, 0.1) is 12.0 Å². The van der Waals surface area contributed by atoms with Crippen LogP contribution in [0.5, 0.6) is 0 Å². The van der Waals surface area contributed by atoms with E-state index < -0.39 is 12.4 Å². The zero-order valence-corrected chi connectivity index (χ0v) is 8.20. The minimum atomic E-state index is -4.89. The third-order valence-electron chi connectivity index (χ3n) is 1.57. The van der Waals surface area contributed by atoms with Crippen LogP contribution in [0.4, 0.5) is 12.9 Å². The topological polar surface area (TPSA) is 13.1 Å². The van der Waals surface area contributed by atoms with Crippen LogP contribution < -0.4 is 0 Å². The standard InChI is InChI=1S/C8H9BF3OS/c1-7(9(10,11)12)5-14-6-8-3-2-4-13-8/h2-4H,1,5-6H2/q-1. The summed E-state index contributed by atoms with van der Waals surface area (Å²) in [6, 6.07) is 3.44. The van der Waals surface area contributed by atoms with Gasteiger partial charge in [-0.1, -0.05) is 0 Å². The van der Waals surface area contributed by atoms with Crippen LogP contribution in [-0.4, -0.2) is 12.7 Å². The molecule has 0 bridgehead atoms. The van der Waals surface area contributed by atoms with E-state index in [4.69, 9.17) is 4.42 Å². The van der Waals surface area contributed by atoms with Crippen molar-refractivity contribution in [3.63, 3.8) is 0 Å². The number of halogens is 3. The molecule has 6 heteroatoms. The van der Waals surface area contributed by atoms with E-state index in [0.29, 0.717) is 11.5 Å². The second-order valence-electron chi connectivity index (χ2n) is 2.81. The van der Waals surface area contributed by atoms with E-state index in [1.54, 1.807) is 12.1 Å². The Morgan fingerprint density at radius 1 is 1.50 bits per heavy atom. The first-order valence-corrected chi connectivity index (χ1v) is 5.13. The first-order chi connectivity index (χ1) is 6.50. The van der Waals surface area contributed by atoms with Crippen molar-refractivity contribution in [2.24, 2.45) is 0 Å². The summed E-state index contributed by atoms with van der Waals surface area (Å²) in [4.78, 5) is 0. The summed E-state index contributed by atoms with van der Waals surface area (Å²) < 4.78 is 41.1. The van der Waals surface area contributed by atoms with Gasteiger partial charge in [-0.25, -0.2) is 0 Å². The molecule has 0 N–H and O–H groups in total. The van der Waals surface area contributed by atoms with Crippen LogP contribution in [0, 0.1) is 0 Å². The Kier molecular flexibility index (Phi) is 3.74. The Balaban J connectivity index is 2.26. The highest BCUT2D eigenvalue weighted by Gasteiger charge is 2.26. The Bertz CT molecular complexity index is 294. The lowest BCUT2D eigenvalue weighted by Gasteiger charge is -2.16. The highest BCUT2D eigenvalue weighted by molar-refractivity contribution is 7.98. The summed E-state index contributed by atoms with van der Waals surface area (Å²) in [5.74, 6) is 1.03. The summed E-state index contributed by atoms with van der Waals surface area (Å²) in [7, 11) is 0. The average Bonchev–Trinajstić information content (AvgIpc) is 2.55. The molecule has 0 atom stereocenters. The summed E-state index contributed by atoms with van der Waals surface area (Å²) >= 11 is 1.15. The second-order valence-corrected chi connectivity index (χ2v) is 3.79. The van der Waals surface area contributed by atoms with Gasteiger partial charge in [-0.3, -0.25) is 0 Å². The fourth-order valence-electron chi connectivity index (χ4n) is 0.772. The van der Waals surface area contributed by atoms with Crippen LogP contribution in [0.3, 0.4) is 0 Å². The SMILES string of the molecule is C=C(CSCc1ccco1)[B-](F)(F)F. The van der Waals surface area contributed by atoms with E-state index in [9.17, 15) is 12.9 Å². The normalized spacial score (nSPS) is 11.6. The molecule has 0 spiro atoms. The highest BCUT2D eigenvalue weighted by atomic mass is 32.2. The average molecular weight is 221 g/mol. The predicted molar refractivity (Wildman–Crippen MR) is 53.1 cm³/mol. The molecule has 0 aliphatic carbocycles. The molecule has 0 aliphatic heterocycles. The highest BCUT2D eigenvalue weighted by Crippen LogP contribution is 2.23. The molecule has 0 saturated carbocycles. The first kappa shape index (κ1) is 11.3. The maximum atomic E-state index is 12.0. The number of thioether (sulfide) groups is 1.